The number of nitrogens with zero attached hydrogens (tertiary/aromatic N) is 2. The molecular weight excluding hydrogens is 238 g/mol. The standard InChI is InChI=1S/C15H21N3O/c1-11(14-10-17-18(3)12(14)2)16-9-13-7-5-6-8-15(13)19-4/h5-8,10-11,16H,9H2,1-4H3. The third-order valence-electron chi connectivity index (χ3n) is 3.53. The van der Waals surface area contributed by atoms with Crippen molar-refractivity contribution in [2.24, 2.45) is 7.05 Å². The van der Waals surface area contributed by atoms with E-state index in [1.165, 1.54) is 16.8 Å². The third kappa shape index (κ3) is 2.96. The molecule has 0 radical (unpaired) electrons. The summed E-state index contributed by atoms with van der Waals surface area (Å²) >= 11 is 0. The maximum Gasteiger partial charge on any atom is 0.123 e. The van der Waals surface area contributed by atoms with Gasteiger partial charge in [-0.15, -0.1) is 0 Å². The summed E-state index contributed by atoms with van der Waals surface area (Å²) < 4.78 is 7.25. The number of para-hydroxylation sites is 1. The van der Waals surface area contributed by atoms with Crippen LogP contribution in [0.4, 0.5) is 0 Å². The van der Waals surface area contributed by atoms with E-state index in [0.717, 1.165) is 12.3 Å². The molecule has 102 valence electrons. The smallest absolute Gasteiger partial charge is 0.123 e. The molecule has 4 nitrogen and oxygen atoms in total. The first-order chi connectivity index (χ1) is 9.13. The van der Waals surface area contributed by atoms with Crippen molar-refractivity contribution in [2.45, 2.75) is 26.4 Å². The molecule has 2 rings (SSSR count). The molecule has 0 bridgehead atoms. The van der Waals surface area contributed by atoms with E-state index in [1.807, 2.05) is 36.1 Å². The Morgan fingerprint density at radius 1 is 1.37 bits per heavy atom. The van der Waals surface area contributed by atoms with Crippen molar-refractivity contribution in [3.8, 4) is 5.75 Å². The number of ether oxygens (including phenoxy) is 1. The Labute approximate surface area is 114 Å². The fraction of sp³-hybridized carbons (Fsp3) is 0.400. The topological polar surface area (TPSA) is 39.1 Å². The van der Waals surface area contributed by atoms with Crippen LogP contribution in [0.2, 0.25) is 0 Å². The predicted molar refractivity (Wildman–Crippen MR) is 76.2 cm³/mol. The predicted octanol–water partition coefficient (Wildman–Crippen LogP) is 2.59. The maximum absolute atomic E-state index is 5.35. The molecule has 0 aliphatic rings. The molecule has 0 saturated carbocycles. The van der Waals surface area contributed by atoms with Gasteiger partial charge in [0.1, 0.15) is 5.75 Å². The van der Waals surface area contributed by atoms with Gasteiger partial charge in [-0.25, -0.2) is 0 Å². The molecule has 2 aromatic rings. The number of nitrogens with one attached hydrogen (secondary N) is 1. The van der Waals surface area contributed by atoms with Crippen molar-refractivity contribution >= 4 is 0 Å². The minimum Gasteiger partial charge on any atom is -0.496 e. The molecule has 1 atom stereocenters. The van der Waals surface area contributed by atoms with Crippen LogP contribution in [0.5, 0.6) is 5.75 Å². The second-order valence-corrected chi connectivity index (χ2v) is 4.72. The number of hydrogen-bond acceptors (Lipinski definition) is 3. The van der Waals surface area contributed by atoms with Gasteiger partial charge in [0, 0.05) is 36.5 Å². The summed E-state index contributed by atoms with van der Waals surface area (Å²) in [7, 11) is 3.67. The van der Waals surface area contributed by atoms with Crippen LogP contribution in [0.15, 0.2) is 30.5 Å². The first-order valence-electron chi connectivity index (χ1n) is 6.47. The minimum absolute atomic E-state index is 0.263. The summed E-state index contributed by atoms with van der Waals surface area (Å²) in [5.41, 5.74) is 3.59. The van der Waals surface area contributed by atoms with Crippen LogP contribution in [0, 0.1) is 6.92 Å². The summed E-state index contributed by atoms with van der Waals surface area (Å²) in [6, 6.07) is 8.33. The third-order valence-corrected chi connectivity index (χ3v) is 3.53. The molecule has 0 saturated heterocycles. The highest BCUT2D eigenvalue weighted by Gasteiger charge is 2.12. The second-order valence-electron chi connectivity index (χ2n) is 4.72. The number of hydrogen-bond donors (Lipinski definition) is 1. The second kappa shape index (κ2) is 5.89. The van der Waals surface area contributed by atoms with Crippen LogP contribution in [0.1, 0.15) is 29.8 Å². The molecule has 0 fully saturated rings. The van der Waals surface area contributed by atoms with Crippen LogP contribution in [-0.4, -0.2) is 16.9 Å². The van der Waals surface area contributed by atoms with Crippen molar-refractivity contribution in [2.75, 3.05) is 7.11 Å². The zero-order valence-electron chi connectivity index (χ0n) is 12.0. The Balaban J connectivity index is 2.04. The van der Waals surface area contributed by atoms with E-state index in [1.54, 1.807) is 7.11 Å². The lowest BCUT2D eigenvalue weighted by Gasteiger charge is -2.15. The van der Waals surface area contributed by atoms with E-state index >= 15 is 0 Å². The number of benzene rings is 1. The van der Waals surface area contributed by atoms with Crippen molar-refractivity contribution in [3.63, 3.8) is 0 Å². The molecule has 0 aliphatic heterocycles. The molecule has 1 N–H and O–H groups in total. The van der Waals surface area contributed by atoms with Gasteiger partial charge in [0.2, 0.25) is 0 Å². The summed E-state index contributed by atoms with van der Waals surface area (Å²) in [6.45, 7) is 5.02. The lowest BCUT2D eigenvalue weighted by molar-refractivity contribution is 0.406. The molecule has 0 amide bonds. The fourth-order valence-electron chi connectivity index (χ4n) is 2.16. The van der Waals surface area contributed by atoms with Crippen LogP contribution in [0.3, 0.4) is 0 Å². The van der Waals surface area contributed by atoms with E-state index in [9.17, 15) is 0 Å². The lowest BCUT2D eigenvalue weighted by atomic mass is 10.1. The number of aromatic nitrogens is 2. The lowest BCUT2D eigenvalue weighted by Crippen LogP contribution is -2.19. The van der Waals surface area contributed by atoms with Crippen LogP contribution < -0.4 is 10.1 Å². The van der Waals surface area contributed by atoms with Crippen LogP contribution in [0.25, 0.3) is 0 Å². The number of methoxy groups -OCH3 is 1. The Bertz CT molecular complexity index is 548. The van der Waals surface area contributed by atoms with E-state index in [2.05, 4.69) is 30.3 Å². The van der Waals surface area contributed by atoms with E-state index < -0.39 is 0 Å². The normalized spacial score (nSPS) is 12.4. The van der Waals surface area contributed by atoms with Crippen LogP contribution >= 0.6 is 0 Å². The summed E-state index contributed by atoms with van der Waals surface area (Å²) in [4.78, 5) is 0. The molecule has 19 heavy (non-hydrogen) atoms. The van der Waals surface area contributed by atoms with Crippen molar-refractivity contribution in [1.82, 2.24) is 15.1 Å². The molecular formula is C15H21N3O. The van der Waals surface area contributed by atoms with Gasteiger partial charge >= 0.3 is 0 Å². The maximum atomic E-state index is 5.35. The molecule has 1 heterocycles. The molecule has 1 unspecified atom stereocenters. The number of aryl methyl sites for hydroxylation is 1. The largest absolute Gasteiger partial charge is 0.496 e. The van der Waals surface area contributed by atoms with Crippen molar-refractivity contribution in [3.05, 3.63) is 47.3 Å². The molecule has 4 heteroatoms. The highest BCUT2D eigenvalue weighted by molar-refractivity contribution is 5.33. The van der Waals surface area contributed by atoms with Gasteiger partial charge in [-0.2, -0.15) is 5.10 Å². The Kier molecular flexibility index (Phi) is 4.22. The van der Waals surface area contributed by atoms with Gasteiger partial charge in [0.15, 0.2) is 0 Å². The zero-order chi connectivity index (χ0) is 13.8. The van der Waals surface area contributed by atoms with Gasteiger partial charge in [-0.3, -0.25) is 4.68 Å². The minimum atomic E-state index is 0.263. The average Bonchev–Trinajstić information content (AvgIpc) is 2.77. The van der Waals surface area contributed by atoms with Gasteiger partial charge in [-0.1, -0.05) is 18.2 Å². The van der Waals surface area contributed by atoms with Crippen molar-refractivity contribution < 1.29 is 4.74 Å². The van der Waals surface area contributed by atoms with Gasteiger partial charge < -0.3 is 10.1 Å². The SMILES string of the molecule is COc1ccccc1CNC(C)c1cnn(C)c1C. The van der Waals surface area contributed by atoms with E-state index in [0.29, 0.717) is 0 Å². The zero-order valence-corrected chi connectivity index (χ0v) is 12.0. The summed E-state index contributed by atoms with van der Waals surface area (Å²) in [6.07, 6.45) is 1.93. The Morgan fingerprint density at radius 3 is 2.74 bits per heavy atom. The monoisotopic (exact) mass is 259 g/mol. The average molecular weight is 259 g/mol. The van der Waals surface area contributed by atoms with Crippen LogP contribution in [-0.2, 0) is 13.6 Å². The molecule has 0 aliphatic carbocycles. The van der Waals surface area contributed by atoms with E-state index in [4.69, 9.17) is 4.74 Å². The Morgan fingerprint density at radius 2 is 2.11 bits per heavy atom. The van der Waals surface area contributed by atoms with Crippen molar-refractivity contribution in [1.29, 1.82) is 0 Å². The highest BCUT2D eigenvalue weighted by Crippen LogP contribution is 2.20. The molecule has 1 aromatic heterocycles. The first-order valence-corrected chi connectivity index (χ1v) is 6.47. The highest BCUT2D eigenvalue weighted by atomic mass is 16.5. The first kappa shape index (κ1) is 13.6. The van der Waals surface area contributed by atoms with Gasteiger partial charge in [0.25, 0.3) is 0 Å². The molecule has 1 aromatic carbocycles. The number of rotatable bonds is 5. The quantitative estimate of drug-likeness (QED) is 0.897. The van der Waals surface area contributed by atoms with E-state index in [-0.39, 0.29) is 6.04 Å². The molecule has 0 spiro atoms. The fourth-order valence-corrected chi connectivity index (χ4v) is 2.16. The van der Waals surface area contributed by atoms with Gasteiger partial charge in [-0.05, 0) is 19.9 Å². The summed E-state index contributed by atoms with van der Waals surface area (Å²) in [5.74, 6) is 0.921. The van der Waals surface area contributed by atoms with Gasteiger partial charge in [0.05, 0.1) is 13.3 Å². The Hall–Kier alpha value is -1.81. The summed E-state index contributed by atoms with van der Waals surface area (Å²) in [5, 5.41) is 7.79.